The molecule has 0 bridgehead atoms. The quantitative estimate of drug-likeness (QED) is 0.835. The number of imidazole rings is 1. The zero-order valence-corrected chi connectivity index (χ0v) is 13.3. The Labute approximate surface area is 129 Å². The normalized spacial score (nSPS) is 12.4. The van der Waals surface area contributed by atoms with E-state index in [1.54, 1.807) is 7.05 Å². The minimum absolute atomic E-state index is 0.0900. The summed E-state index contributed by atoms with van der Waals surface area (Å²) in [5, 5.41) is 2.33. The number of halogens is 1. The van der Waals surface area contributed by atoms with E-state index >= 15 is 0 Å². The molecular formula is C15H20ClN3O2. The Hall–Kier alpha value is -1.75. The Morgan fingerprint density at radius 1 is 1.52 bits per heavy atom. The number of hydrogen-bond acceptors (Lipinski definition) is 3. The number of para-hydroxylation sites is 1. The Morgan fingerprint density at radius 2 is 2.29 bits per heavy atom. The third kappa shape index (κ3) is 3.29. The molecule has 21 heavy (non-hydrogen) atoms. The summed E-state index contributed by atoms with van der Waals surface area (Å²) in [7, 11) is 1.61. The van der Waals surface area contributed by atoms with Crippen molar-refractivity contribution in [1.29, 1.82) is 0 Å². The number of benzene rings is 1. The lowest BCUT2D eigenvalue weighted by Crippen LogP contribution is -2.24. The molecule has 6 heteroatoms. The first-order valence-electron chi connectivity index (χ1n) is 7.05. The molecule has 1 unspecified atom stereocenters. The number of ether oxygens (including phenoxy) is 1. The Kier molecular flexibility index (Phi) is 5.07. The number of carbonyl (C=O) groups is 1. The van der Waals surface area contributed by atoms with Crippen molar-refractivity contribution in [2.24, 2.45) is 0 Å². The maximum Gasteiger partial charge on any atom is 0.239 e. The molecular weight excluding hydrogens is 290 g/mol. The van der Waals surface area contributed by atoms with Gasteiger partial charge in [0, 0.05) is 7.05 Å². The second kappa shape index (κ2) is 6.80. The zero-order chi connectivity index (χ0) is 15.4. The Balaban J connectivity index is 2.53. The van der Waals surface area contributed by atoms with E-state index in [0.29, 0.717) is 12.4 Å². The molecule has 1 amide bonds. The average Bonchev–Trinajstić information content (AvgIpc) is 2.84. The summed E-state index contributed by atoms with van der Waals surface area (Å²) in [6.45, 7) is 4.72. The monoisotopic (exact) mass is 309 g/mol. The fourth-order valence-corrected chi connectivity index (χ4v) is 2.33. The highest BCUT2D eigenvalue weighted by Gasteiger charge is 2.19. The van der Waals surface area contributed by atoms with E-state index in [4.69, 9.17) is 16.3 Å². The van der Waals surface area contributed by atoms with Crippen LogP contribution in [0.4, 0.5) is 0 Å². The second-order valence-corrected chi connectivity index (χ2v) is 5.47. The Bertz CT molecular complexity index is 637. The van der Waals surface area contributed by atoms with Gasteiger partial charge < -0.3 is 14.6 Å². The first kappa shape index (κ1) is 15.6. The summed E-state index contributed by atoms with van der Waals surface area (Å²) >= 11 is 6.21. The van der Waals surface area contributed by atoms with Crippen molar-refractivity contribution >= 4 is 28.5 Å². The van der Waals surface area contributed by atoms with E-state index in [9.17, 15) is 4.79 Å². The van der Waals surface area contributed by atoms with Crippen LogP contribution in [0.1, 0.15) is 31.5 Å². The molecule has 2 aromatic rings. The maximum atomic E-state index is 11.7. The number of aromatic nitrogens is 2. The van der Waals surface area contributed by atoms with Gasteiger partial charge >= 0.3 is 0 Å². The number of nitrogens with zero attached hydrogens (tertiary/aromatic N) is 2. The maximum absolute atomic E-state index is 11.7. The number of carbonyl (C=O) groups excluding carboxylic acids is 1. The summed E-state index contributed by atoms with van der Waals surface area (Å²) in [5.41, 5.74) is 1.60. The molecule has 1 aromatic heterocycles. The summed E-state index contributed by atoms with van der Waals surface area (Å²) in [5.74, 6) is 1.30. The number of rotatable bonds is 6. The molecule has 0 radical (unpaired) electrons. The predicted octanol–water partition coefficient (Wildman–Crippen LogP) is 2.87. The van der Waals surface area contributed by atoms with Crippen LogP contribution in [-0.4, -0.2) is 29.1 Å². The van der Waals surface area contributed by atoms with Gasteiger partial charge in [-0.3, -0.25) is 4.79 Å². The fourth-order valence-electron chi connectivity index (χ4n) is 2.16. The van der Waals surface area contributed by atoms with E-state index in [0.717, 1.165) is 23.2 Å². The van der Waals surface area contributed by atoms with E-state index in [2.05, 4.69) is 17.2 Å². The lowest BCUT2D eigenvalue weighted by Gasteiger charge is -2.09. The van der Waals surface area contributed by atoms with Gasteiger partial charge in [-0.2, -0.15) is 0 Å². The highest BCUT2D eigenvalue weighted by molar-refractivity contribution is 6.20. The molecule has 2 rings (SSSR count). The molecule has 1 aromatic carbocycles. The molecule has 0 saturated carbocycles. The lowest BCUT2D eigenvalue weighted by molar-refractivity contribution is -0.121. The van der Waals surface area contributed by atoms with Crippen LogP contribution in [0.2, 0.25) is 0 Å². The number of nitrogens with one attached hydrogen (secondary N) is 1. The van der Waals surface area contributed by atoms with Crippen LogP contribution in [0.15, 0.2) is 18.2 Å². The predicted molar refractivity (Wildman–Crippen MR) is 83.9 cm³/mol. The SMILES string of the molecule is CCCOc1cccc2c1nc(C(C)Cl)n2CC(=O)NC. The average molecular weight is 310 g/mol. The standard InChI is InChI=1S/C15H20ClN3O2/c1-4-8-21-12-7-5-6-11-14(12)18-15(10(2)16)19(11)9-13(20)17-3/h5-7,10H,4,8-9H2,1-3H3,(H,17,20). The van der Waals surface area contributed by atoms with Crippen LogP contribution < -0.4 is 10.1 Å². The van der Waals surface area contributed by atoms with Crippen molar-refractivity contribution < 1.29 is 9.53 Å². The van der Waals surface area contributed by atoms with Gasteiger partial charge in [0.2, 0.25) is 5.91 Å². The topological polar surface area (TPSA) is 56.2 Å². The number of likely N-dealkylation sites (N-methyl/N-ethyl adjacent to an activating group) is 1. The van der Waals surface area contributed by atoms with Crippen molar-refractivity contribution in [2.75, 3.05) is 13.7 Å². The molecule has 0 aliphatic heterocycles. The van der Waals surface area contributed by atoms with Gasteiger partial charge in [-0.15, -0.1) is 11.6 Å². The van der Waals surface area contributed by atoms with Crippen molar-refractivity contribution in [3.63, 3.8) is 0 Å². The van der Waals surface area contributed by atoms with Crippen LogP contribution in [0.5, 0.6) is 5.75 Å². The smallest absolute Gasteiger partial charge is 0.239 e. The summed E-state index contributed by atoms with van der Waals surface area (Å²) < 4.78 is 7.57. The number of alkyl halides is 1. The third-order valence-corrected chi connectivity index (χ3v) is 3.36. The second-order valence-electron chi connectivity index (χ2n) is 4.82. The van der Waals surface area contributed by atoms with Gasteiger partial charge in [0.25, 0.3) is 0 Å². The van der Waals surface area contributed by atoms with Crippen LogP contribution in [0.25, 0.3) is 11.0 Å². The zero-order valence-electron chi connectivity index (χ0n) is 12.5. The molecule has 114 valence electrons. The molecule has 0 spiro atoms. The first-order chi connectivity index (χ1) is 10.1. The molecule has 0 aliphatic carbocycles. The van der Waals surface area contributed by atoms with Crippen molar-refractivity contribution in [3.05, 3.63) is 24.0 Å². The highest BCUT2D eigenvalue weighted by atomic mass is 35.5. The van der Waals surface area contributed by atoms with Gasteiger partial charge in [-0.25, -0.2) is 4.98 Å². The first-order valence-corrected chi connectivity index (χ1v) is 7.48. The fraction of sp³-hybridized carbons (Fsp3) is 0.467. The molecule has 1 heterocycles. The summed E-state index contributed by atoms with van der Waals surface area (Å²) in [6, 6.07) is 5.71. The minimum Gasteiger partial charge on any atom is -0.491 e. The summed E-state index contributed by atoms with van der Waals surface area (Å²) in [6.07, 6.45) is 0.925. The van der Waals surface area contributed by atoms with Crippen LogP contribution in [-0.2, 0) is 11.3 Å². The minimum atomic E-state index is -0.291. The van der Waals surface area contributed by atoms with Gasteiger partial charge in [-0.05, 0) is 25.5 Å². The molecule has 5 nitrogen and oxygen atoms in total. The molecule has 1 atom stereocenters. The van der Waals surface area contributed by atoms with E-state index in [-0.39, 0.29) is 17.8 Å². The van der Waals surface area contributed by atoms with Crippen molar-refractivity contribution in [1.82, 2.24) is 14.9 Å². The van der Waals surface area contributed by atoms with Crippen molar-refractivity contribution in [2.45, 2.75) is 32.2 Å². The lowest BCUT2D eigenvalue weighted by atomic mass is 10.3. The van der Waals surface area contributed by atoms with Gasteiger partial charge in [-0.1, -0.05) is 13.0 Å². The van der Waals surface area contributed by atoms with Crippen LogP contribution in [0, 0.1) is 0 Å². The van der Waals surface area contributed by atoms with E-state index in [1.165, 1.54) is 0 Å². The number of hydrogen-bond donors (Lipinski definition) is 1. The summed E-state index contributed by atoms with van der Waals surface area (Å²) in [4.78, 5) is 16.3. The highest BCUT2D eigenvalue weighted by Crippen LogP contribution is 2.30. The van der Waals surface area contributed by atoms with Crippen LogP contribution >= 0.6 is 11.6 Å². The number of amides is 1. The van der Waals surface area contributed by atoms with Gasteiger partial charge in [0.15, 0.2) is 0 Å². The molecule has 0 saturated heterocycles. The van der Waals surface area contributed by atoms with E-state index in [1.807, 2.05) is 29.7 Å². The van der Waals surface area contributed by atoms with Crippen LogP contribution in [0.3, 0.4) is 0 Å². The largest absolute Gasteiger partial charge is 0.491 e. The number of fused-ring (bicyclic) bond motifs is 1. The van der Waals surface area contributed by atoms with E-state index < -0.39 is 0 Å². The third-order valence-electron chi connectivity index (χ3n) is 3.17. The van der Waals surface area contributed by atoms with Gasteiger partial charge in [0.1, 0.15) is 23.6 Å². The Morgan fingerprint density at radius 3 is 2.90 bits per heavy atom. The molecule has 0 fully saturated rings. The van der Waals surface area contributed by atoms with Gasteiger partial charge in [0.05, 0.1) is 17.5 Å². The molecule has 1 N–H and O–H groups in total. The molecule has 0 aliphatic rings. The van der Waals surface area contributed by atoms with Crippen molar-refractivity contribution in [3.8, 4) is 5.75 Å².